The van der Waals surface area contributed by atoms with E-state index < -0.39 is 0 Å². The van der Waals surface area contributed by atoms with Crippen LogP contribution in [0.25, 0.3) is 0 Å². The molecule has 2 rings (SSSR count). The molecule has 86 valence electrons. The molecule has 0 saturated carbocycles. The molecule has 0 aromatic heterocycles. The van der Waals surface area contributed by atoms with E-state index in [9.17, 15) is 4.79 Å². The van der Waals surface area contributed by atoms with Crippen LogP contribution in [0.5, 0.6) is 0 Å². The van der Waals surface area contributed by atoms with Crippen molar-refractivity contribution >= 4 is 6.03 Å². The van der Waals surface area contributed by atoms with Gasteiger partial charge in [-0.3, -0.25) is 0 Å². The van der Waals surface area contributed by atoms with Gasteiger partial charge in [0.2, 0.25) is 0 Å². The maximum Gasteiger partial charge on any atom is 0.318 e. The molecular weight excluding hydrogens is 188 g/mol. The molecule has 2 aliphatic rings. The van der Waals surface area contributed by atoms with Gasteiger partial charge in [-0.05, 0) is 46.0 Å². The fraction of sp³-hybridized carbons (Fsp3) is 0.917. The highest BCUT2D eigenvalue weighted by molar-refractivity contribution is 5.76. The Balaban J connectivity index is 2.03. The first-order chi connectivity index (χ1) is 6.88. The molecule has 0 aliphatic carbocycles. The summed E-state index contributed by atoms with van der Waals surface area (Å²) < 4.78 is 0. The lowest BCUT2D eigenvalue weighted by molar-refractivity contribution is 0.179. The maximum atomic E-state index is 12.1. The van der Waals surface area contributed by atoms with E-state index in [0.29, 0.717) is 18.0 Å². The molecule has 0 spiro atoms. The summed E-state index contributed by atoms with van der Waals surface area (Å²) in [7, 11) is 0. The van der Waals surface area contributed by atoms with Gasteiger partial charge in [-0.2, -0.15) is 0 Å². The second-order valence-corrected chi connectivity index (χ2v) is 6.10. The predicted molar refractivity (Wildman–Crippen MR) is 60.7 cm³/mol. The fourth-order valence-electron chi connectivity index (χ4n) is 2.99. The topological polar surface area (TPSA) is 32.3 Å². The Kier molecular flexibility index (Phi) is 2.44. The molecule has 0 aromatic rings. The highest BCUT2D eigenvalue weighted by Gasteiger charge is 2.46. The number of urea groups is 1. The standard InChI is InChI=1S/C12H22N2O/c1-8-7-9-5-6-10(8)14(9)11(15)13-12(2,3)4/h8-10H,5-7H2,1-4H3,(H,13,15). The molecule has 2 heterocycles. The summed E-state index contributed by atoms with van der Waals surface area (Å²) >= 11 is 0. The second-order valence-electron chi connectivity index (χ2n) is 6.10. The van der Waals surface area contributed by atoms with Gasteiger partial charge in [0.1, 0.15) is 0 Å². The van der Waals surface area contributed by atoms with E-state index in [-0.39, 0.29) is 11.6 Å². The molecule has 1 N–H and O–H groups in total. The van der Waals surface area contributed by atoms with Gasteiger partial charge in [0.05, 0.1) is 0 Å². The van der Waals surface area contributed by atoms with Gasteiger partial charge in [0.15, 0.2) is 0 Å². The highest BCUT2D eigenvalue weighted by Crippen LogP contribution is 2.41. The van der Waals surface area contributed by atoms with Crippen LogP contribution in [0.2, 0.25) is 0 Å². The SMILES string of the molecule is CC1CC2CCC1N2C(=O)NC(C)(C)C. The lowest BCUT2D eigenvalue weighted by atomic mass is 9.91. The van der Waals surface area contributed by atoms with Crippen molar-refractivity contribution in [2.75, 3.05) is 0 Å². The van der Waals surface area contributed by atoms with Crippen molar-refractivity contribution in [3.63, 3.8) is 0 Å². The Bertz CT molecular complexity index is 269. The highest BCUT2D eigenvalue weighted by atomic mass is 16.2. The van der Waals surface area contributed by atoms with Gasteiger partial charge in [0, 0.05) is 17.6 Å². The number of carbonyl (C=O) groups is 1. The first-order valence-electron chi connectivity index (χ1n) is 5.99. The van der Waals surface area contributed by atoms with Crippen LogP contribution in [0, 0.1) is 5.92 Å². The van der Waals surface area contributed by atoms with Crippen molar-refractivity contribution in [1.82, 2.24) is 10.2 Å². The summed E-state index contributed by atoms with van der Waals surface area (Å²) in [5.41, 5.74) is -0.123. The first-order valence-corrected chi connectivity index (χ1v) is 5.99. The van der Waals surface area contributed by atoms with Crippen LogP contribution in [0.15, 0.2) is 0 Å². The zero-order chi connectivity index (χ0) is 11.2. The number of hydrogen-bond donors (Lipinski definition) is 1. The van der Waals surface area contributed by atoms with Crippen LogP contribution in [0.4, 0.5) is 4.79 Å². The van der Waals surface area contributed by atoms with Gasteiger partial charge in [-0.1, -0.05) is 6.92 Å². The molecule has 3 unspecified atom stereocenters. The number of nitrogens with one attached hydrogen (secondary N) is 1. The predicted octanol–water partition coefficient (Wildman–Crippen LogP) is 2.37. The monoisotopic (exact) mass is 210 g/mol. The minimum absolute atomic E-state index is 0.123. The molecule has 2 amide bonds. The van der Waals surface area contributed by atoms with E-state index >= 15 is 0 Å². The smallest absolute Gasteiger partial charge is 0.318 e. The van der Waals surface area contributed by atoms with Gasteiger partial charge < -0.3 is 10.2 Å². The second kappa shape index (κ2) is 3.39. The molecule has 2 saturated heterocycles. The Hall–Kier alpha value is -0.730. The zero-order valence-electron chi connectivity index (χ0n) is 10.2. The zero-order valence-corrected chi connectivity index (χ0v) is 10.2. The quantitative estimate of drug-likeness (QED) is 0.654. The summed E-state index contributed by atoms with van der Waals surface area (Å²) in [6.45, 7) is 8.37. The van der Waals surface area contributed by atoms with Crippen molar-refractivity contribution in [3.8, 4) is 0 Å². The first kappa shape index (κ1) is 10.8. The van der Waals surface area contributed by atoms with E-state index in [1.54, 1.807) is 0 Å². The molecule has 2 fully saturated rings. The maximum absolute atomic E-state index is 12.1. The van der Waals surface area contributed by atoms with Crippen molar-refractivity contribution in [2.24, 2.45) is 5.92 Å². The summed E-state index contributed by atoms with van der Waals surface area (Å²) in [5.74, 6) is 0.689. The van der Waals surface area contributed by atoms with Crippen molar-refractivity contribution < 1.29 is 4.79 Å². The number of hydrogen-bond acceptors (Lipinski definition) is 1. The van der Waals surface area contributed by atoms with E-state index in [0.717, 1.165) is 0 Å². The Labute approximate surface area is 92.2 Å². The Morgan fingerprint density at radius 1 is 1.33 bits per heavy atom. The molecule has 0 aromatic carbocycles. The Morgan fingerprint density at radius 3 is 2.40 bits per heavy atom. The molecule has 2 aliphatic heterocycles. The number of amides is 2. The van der Waals surface area contributed by atoms with E-state index in [1.807, 2.05) is 20.8 Å². The third-order valence-corrected chi connectivity index (χ3v) is 3.56. The van der Waals surface area contributed by atoms with E-state index in [1.165, 1.54) is 19.3 Å². The fourth-order valence-corrected chi connectivity index (χ4v) is 2.99. The van der Waals surface area contributed by atoms with Gasteiger partial charge in [-0.15, -0.1) is 0 Å². The lowest BCUT2D eigenvalue weighted by Crippen LogP contribution is -2.50. The molecule has 3 nitrogen and oxygen atoms in total. The third kappa shape index (κ3) is 1.97. The van der Waals surface area contributed by atoms with Gasteiger partial charge >= 0.3 is 6.03 Å². The van der Waals surface area contributed by atoms with Crippen molar-refractivity contribution in [3.05, 3.63) is 0 Å². The Morgan fingerprint density at radius 2 is 2.00 bits per heavy atom. The van der Waals surface area contributed by atoms with Gasteiger partial charge in [0.25, 0.3) is 0 Å². The average molecular weight is 210 g/mol. The molecule has 2 bridgehead atoms. The summed E-state index contributed by atoms with van der Waals surface area (Å²) in [4.78, 5) is 14.2. The van der Waals surface area contributed by atoms with Crippen LogP contribution >= 0.6 is 0 Å². The lowest BCUT2D eigenvalue weighted by Gasteiger charge is -2.29. The number of rotatable bonds is 0. The third-order valence-electron chi connectivity index (χ3n) is 3.56. The largest absolute Gasteiger partial charge is 0.333 e. The molecular formula is C12H22N2O. The summed E-state index contributed by atoms with van der Waals surface area (Å²) in [6.07, 6.45) is 3.60. The van der Waals surface area contributed by atoms with E-state index in [2.05, 4.69) is 17.1 Å². The van der Waals surface area contributed by atoms with Gasteiger partial charge in [-0.25, -0.2) is 4.79 Å². The van der Waals surface area contributed by atoms with Crippen LogP contribution < -0.4 is 5.32 Å². The van der Waals surface area contributed by atoms with Crippen molar-refractivity contribution in [2.45, 2.75) is 64.6 Å². The number of carbonyl (C=O) groups excluding carboxylic acids is 1. The van der Waals surface area contributed by atoms with Crippen LogP contribution in [-0.2, 0) is 0 Å². The summed E-state index contributed by atoms with van der Waals surface area (Å²) in [6, 6.07) is 1.14. The minimum Gasteiger partial charge on any atom is -0.333 e. The normalized spacial score (nSPS) is 34.7. The van der Waals surface area contributed by atoms with Crippen LogP contribution in [0.3, 0.4) is 0 Å². The average Bonchev–Trinajstić information content (AvgIpc) is 2.55. The molecule has 0 radical (unpaired) electrons. The molecule has 15 heavy (non-hydrogen) atoms. The molecule has 3 heteroatoms. The van der Waals surface area contributed by atoms with Crippen molar-refractivity contribution in [1.29, 1.82) is 0 Å². The molecule has 3 atom stereocenters. The minimum atomic E-state index is -0.123. The number of nitrogens with zero attached hydrogens (tertiary/aromatic N) is 1. The van der Waals surface area contributed by atoms with Crippen LogP contribution in [0.1, 0.15) is 47.0 Å². The van der Waals surface area contributed by atoms with E-state index in [4.69, 9.17) is 0 Å². The number of fused-ring (bicyclic) bond motifs is 2. The summed E-state index contributed by atoms with van der Waals surface area (Å²) in [5, 5.41) is 3.07. The van der Waals surface area contributed by atoms with Crippen LogP contribution in [-0.4, -0.2) is 28.6 Å².